The van der Waals surface area contributed by atoms with Crippen molar-refractivity contribution in [2.75, 3.05) is 6.61 Å². The molecule has 0 spiro atoms. The van der Waals surface area contributed by atoms with Crippen LogP contribution in [0.1, 0.15) is 31.4 Å². The largest absolute Gasteiger partial charge is 0.493 e. The molecule has 0 heterocycles. The van der Waals surface area contributed by atoms with Gasteiger partial charge in [-0.2, -0.15) is 0 Å². The fraction of sp³-hybridized carbons (Fsp3) is 0.500. The van der Waals surface area contributed by atoms with Crippen molar-refractivity contribution in [3.05, 3.63) is 29.3 Å². The van der Waals surface area contributed by atoms with Crippen molar-refractivity contribution in [2.24, 2.45) is 5.92 Å². The fourth-order valence-electron chi connectivity index (χ4n) is 1.82. The third kappa shape index (κ3) is 5.45. The Morgan fingerprint density at radius 3 is 2.43 bits per heavy atom. The van der Waals surface area contributed by atoms with Crippen molar-refractivity contribution in [3.8, 4) is 5.75 Å². The zero-order valence-electron chi connectivity index (χ0n) is 13.0. The van der Waals surface area contributed by atoms with Gasteiger partial charge in [-0.25, -0.2) is 4.79 Å². The van der Waals surface area contributed by atoms with Gasteiger partial charge in [-0.15, -0.1) is 0 Å². The van der Waals surface area contributed by atoms with Crippen LogP contribution in [-0.4, -0.2) is 29.6 Å². The molecule has 1 aromatic rings. The maximum absolute atomic E-state index is 11.7. The summed E-state index contributed by atoms with van der Waals surface area (Å²) < 4.78 is 5.51. The number of hydrogen-bond donors (Lipinski definition) is 2. The van der Waals surface area contributed by atoms with E-state index in [1.165, 1.54) is 5.56 Å². The highest BCUT2D eigenvalue weighted by Gasteiger charge is 2.23. The summed E-state index contributed by atoms with van der Waals surface area (Å²) in [4.78, 5) is 22.7. The number of benzene rings is 1. The van der Waals surface area contributed by atoms with Crippen LogP contribution in [0, 0.1) is 19.8 Å². The second-order valence-corrected chi connectivity index (χ2v) is 5.47. The molecule has 2 N–H and O–H groups in total. The first-order valence-electron chi connectivity index (χ1n) is 7.03. The number of carbonyl (C=O) groups is 2. The Morgan fingerprint density at radius 1 is 1.24 bits per heavy atom. The van der Waals surface area contributed by atoms with Crippen molar-refractivity contribution in [1.82, 2.24) is 5.32 Å². The number of carboxylic acids is 1. The van der Waals surface area contributed by atoms with E-state index in [4.69, 9.17) is 9.84 Å². The van der Waals surface area contributed by atoms with Crippen LogP contribution >= 0.6 is 0 Å². The number of ether oxygens (including phenoxy) is 1. The molecule has 0 unspecified atom stereocenters. The standard InChI is InChI=1S/C16H23NO4/c1-10(2)15(16(19)20)17-14(18)7-8-21-13-6-5-11(3)12(4)9-13/h5-6,9-10,15H,7-8H2,1-4H3,(H,17,18)(H,19,20)/t15-/m1/s1. The van der Waals surface area contributed by atoms with Gasteiger partial charge in [0.05, 0.1) is 13.0 Å². The molecule has 1 rings (SSSR count). The van der Waals surface area contributed by atoms with Crippen LogP contribution in [0.5, 0.6) is 5.75 Å². The highest BCUT2D eigenvalue weighted by atomic mass is 16.5. The van der Waals surface area contributed by atoms with Crippen LogP contribution in [0.4, 0.5) is 0 Å². The van der Waals surface area contributed by atoms with Gasteiger partial charge in [0.1, 0.15) is 11.8 Å². The van der Waals surface area contributed by atoms with Gasteiger partial charge in [0.15, 0.2) is 0 Å². The van der Waals surface area contributed by atoms with E-state index in [0.29, 0.717) is 5.75 Å². The summed E-state index contributed by atoms with van der Waals surface area (Å²) in [5.74, 6) is -0.787. The lowest BCUT2D eigenvalue weighted by molar-refractivity contribution is -0.143. The third-order valence-corrected chi connectivity index (χ3v) is 3.33. The van der Waals surface area contributed by atoms with Crippen molar-refractivity contribution in [1.29, 1.82) is 0 Å². The molecule has 1 aromatic carbocycles. The third-order valence-electron chi connectivity index (χ3n) is 3.33. The highest BCUT2D eigenvalue weighted by Crippen LogP contribution is 2.16. The molecule has 0 aliphatic carbocycles. The number of carboxylic acid groups (broad SMARTS) is 1. The summed E-state index contributed by atoms with van der Waals surface area (Å²) in [6.45, 7) is 7.74. The number of aliphatic carboxylic acids is 1. The number of hydrogen-bond acceptors (Lipinski definition) is 3. The summed E-state index contributed by atoms with van der Waals surface area (Å²) >= 11 is 0. The summed E-state index contributed by atoms with van der Waals surface area (Å²) in [7, 11) is 0. The van der Waals surface area contributed by atoms with Gasteiger partial charge >= 0.3 is 5.97 Å². The van der Waals surface area contributed by atoms with Crippen LogP contribution in [0.15, 0.2) is 18.2 Å². The SMILES string of the molecule is Cc1ccc(OCCC(=O)N[C@@H](C(=O)O)C(C)C)cc1C. The van der Waals surface area contributed by atoms with Crippen molar-refractivity contribution in [2.45, 2.75) is 40.2 Å². The van der Waals surface area contributed by atoms with Gasteiger partial charge in [0.25, 0.3) is 0 Å². The average Bonchev–Trinajstić information content (AvgIpc) is 2.39. The maximum Gasteiger partial charge on any atom is 0.326 e. The lowest BCUT2D eigenvalue weighted by Gasteiger charge is -2.17. The van der Waals surface area contributed by atoms with Gasteiger partial charge in [-0.05, 0) is 43.0 Å². The topological polar surface area (TPSA) is 75.6 Å². The zero-order valence-corrected chi connectivity index (χ0v) is 13.0. The molecule has 0 fully saturated rings. The summed E-state index contributed by atoms with van der Waals surface area (Å²) in [6.07, 6.45) is 0.128. The number of nitrogens with one attached hydrogen (secondary N) is 1. The van der Waals surface area contributed by atoms with Crippen LogP contribution in [0.2, 0.25) is 0 Å². The van der Waals surface area contributed by atoms with Crippen LogP contribution in [-0.2, 0) is 9.59 Å². The van der Waals surface area contributed by atoms with E-state index in [2.05, 4.69) is 5.32 Å². The van der Waals surface area contributed by atoms with Crippen molar-refractivity contribution in [3.63, 3.8) is 0 Å². The lowest BCUT2D eigenvalue weighted by Crippen LogP contribution is -2.44. The van der Waals surface area contributed by atoms with Crippen LogP contribution in [0.25, 0.3) is 0 Å². The number of rotatable bonds is 7. The molecule has 0 aromatic heterocycles. The van der Waals surface area contributed by atoms with E-state index in [1.54, 1.807) is 13.8 Å². The smallest absolute Gasteiger partial charge is 0.326 e. The molecular formula is C16H23NO4. The van der Waals surface area contributed by atoms with Crippen molar-refractivity contribution >= 4 is 11.9 Å². The molecule has 5 heteroatoms. The van der Waals surface area contributed by atoms with Gasteiger partial charge in [0.2, 0.25) is 5.91 Å². The van der Waals surface area contributed by atoms with Crippen LogP contribution in [0.3, 0.4) is 0 Å². The van der Waals surface area contributed by atoms with Crippen molar-refractivity contribution < 1.29 is 19.4 Å². The molecule has 0 aliphatic rings. The second-order valence-electron chi connectivity index (χ2n) is 5.47. The van der Waals surface area contributed by atoms with E-state index < -0.39 is 12.0 Å². The summed E-state index contributed by atoms with van der Waals surface area (Å²) in [5, 5.41) is 11.5. The normalized spacial score (nSPS) is 12.0. The predicted octanol–water partition coefficient (Wildman–Crippen LogP) is 2.30. The summed E-state index contributed by atoms with van der Waals surface area (Å²) in [6, 6.07) is 4.87. The molecular weight excluding hydrogens is 270 g/mol. The number of amides is 1. The number of aryl methyl sites for hydroxylation is 2. The Bertz CT molecular complexity index is 511. The Kier molecular flexibility index (Phi) is 6.21. The second kappa shape index (κ2) is 7.67. The molecule has 0 bridgehead atoms. The Balaban J connectivity index is 2.42. The van der Waals surface area contributed by atoms with Crippen LogP contribution < -0.4 is 10.1 Å². The Hall–Kier alpha value is -2.04. The van der Waals surface area contributed by atoms with Gasteiger partial charge < -0.3 is 15.2 Å². The maximum atomic E-state index is 11.7. The first-order valence-corrected chi connectivity index (χ1v) is 7.03. The molecule has 21 heavy (non-hydrogen) atoms. The van der Waals surface area contributed by atoms with E-state index in [0.717, 1.165) is 5.56 Å². The quantitative estimate of drug-likeness (QED) is 0.809. The summed E-state index contributed by atoms with van der Waals surface area (Å²) in [5.41, 5.74) is 2.31. The van der Waals surface area contributed by atoms with E-state index in [9.17, 15) is 9.59 Å². The van der Waals surface area contributed by atoms with E-state index >= 15 is 0 Å². The first-order chi connectivity index (χ1) is 9.81. The monoisotopic (exact) mass is 293 g/mol. The Morgan fingerprint density at radius 2 is 1.90 bits per heavy atom. The molecule has 5 nitrogen and oxygen atoms in total. The van der Waals surface area contributed by atoms with Gasteiger partial charge in [0, 0.05) is 0 Å². The molecule has 0 aliphatic heterocycles. The molecule has 116 valence electrons. The van der Waals surface area contributed by atoms with Gasteiger partial charge in [-0.1, -0.05) is 19.9 Å². The zero-order chi connectivity index (χ0) is 16.0. The molecule has 0 saturated carbocycles. The average molecular weight is 293 g/mol. The van der Waals surface area contributed by atoms with Gasteiger partial charge in [-0.3, -0.25) is 4.79 Å². The van der Waals surface area contributed by atoms with E-state index in [-0.39, 0.29) is 24.9 Å². The number of carbonyl (C=O) groups excluding carboxylic acids is 1. The lowest BCUT2D eigenvalue weighted by atomic mass is 10.0. The highest BCUT2D eigenvalue weighted by molar-refractivity contribution is 5.83. The minimum absolute atomic E-state index is 0.128. The molecule has 0 saturated heterocycles. The van der Waals surface area contributed by atoms with E-state index in [1.807, 2.05) is 32.0 Å². The minimum atomic E-state index is -1.02. The molecule has 1 amide bonds. The first kappa shape index (κ1) is 17.0. The Labute approximate surface area is 125 Å². The molecule has 1 atom stereocenters. The molecule has 0 radical (unpaired) electrons. The minimum Gasteiger partial charge on any atom is -0.493 e. The fourth-order valence-corrected chi connectivity index (χ4v) is 1.82. The predicted molar refractivity (Wildman–Crippen MR) is 80.4 cm³/mol.